The first kappa shape index (κ1) is 8.43. The minimum atomic E-state index is 0.450. The van der Waals surface area contributed by atoms with Crippen molar-refractivity contribution < 1.29 is 4.52 Å². The van der Waals surface area contributed by atoms with Crippen molar-refractivity contribution >= 4 is 15.9 Å². The molecule has 0 saturated carbocycles. The van der Waals surface area contributed by atoms with Crippen LogP contribution in [0.1, 0.15) is 5.69 Å². The fourth-order valence-corrected chi connectivity index (χ4v) is 1.36. The van der Waals surface area contributed by atoms with Crippen LogP contribution in [0.4, 0.5) is 0 Å². The number of aryl methyl sites for hydroxylation is 2. The van der Waals surface area contributed by atoms with Crippen LogP contribution in [0.25, 0.3) is 11.5 Å². The van der Waals surface area contributed by atoms with Gasteiger partial charge in [-0.25, -0.2) is 0 Å². The molecule has 0 fully saturated rings. The van der Waals surface area contributed by atoms with Crippen molar-refractivity contribution in [3.63, 3.8) is 0 Å². The number of nitrogens with zero attached hydrogens (tertiary/aromatic N) is 4. The summed E-state index contributed by atoms with van der Waals surface area (Å²) in [7, 11) is 1.85. The zero-order chi connectivity index (χ0) is 9.42. The zero-order valence-electron chi connectivity index (χ0n) is 7.15. The van der Waals surface area contributed by atoms with Gasteiger partial charge in [0, 0.05) is 13.2 Å². The average molecular weight is 243 g/mol. The van der Waals surface area contributed by atoms with E-state index >= 15 is 0 Å². The van der Waals surface area contributed by atoms with E-state index in [1.165, 1.54) is 0 Å². The quantitative estimate of drug-likeness (QED) is 0.762. The van der Waals surface area contributed by atoms with Gasteiger partial charge in [0.05, 0.1) is 11.3 Å². The molecule has 0 atom stereocenters. The van der Waals surface area contributed by atoms with Crippen molar-refractivity contribution in [2.45, 2.75) is 6.92 Å². The lowest BCUT2D eigenvalue weighted by atomic mass is 10.3. The van der Waals surface area contributed by atoms with E-state index < -0.39 is 0 Å². The van der Waals surface area contributed by atoms with Gasteiger partial charge >= 0.3 is 0 Å². The van der Waals surface area contributed by atoms with Crippen LogP contribution in [0.15, 0.2) is 15.5 Å². The fraction of sp³-hybridized carbons (Fsp3) is 0.286. The third-order valence-electron chi connectivity index (χ3n) is 1.65. The van der Waals surface area contributed by atoms with Gasteiger partial charge in [-0.3, -0.25) is 4.68 Å². The standard InChI is InChI=1S/C7H7BrN4O/c1-4-5(3-12(2)10-4)6-9-7(8)11-13-6/h3H,1-2H3. The van der Waals surface area contributed by atoms with E-state index in [1.807, 2.05) is 20.2 Å². The second-order valence-corrected chi connectivity index (χ2v) is 3.38. The topological polar surface area (TPSA) is 56.7 Å². The Morgan fingerprint density at radius 3 is 2.77 bits per heavy atom. The predicted molar refractivity (Wildman–Crippen MR) is 48.9 cm³/mol. The molecule has 0 saturated heterocycles. The molecule has 5 nitrogen and oxygen atoms in total. The molecule has 2 heterocycles. The minimum Gasteiger partial charge on any atom is -0.333 e. The van der Waals surface area contributed by atoms with Gasteiger partial charge in [-0.05, 0) is 28.0 Å². The molecule has 0 spiro atoms. The lowest BCUT2D eigenvalue weighted by Gasteiger charge is -1.85. The van der Waals surface area contributed by atoms with E-state index in [-0.39, 0.29) is 0 Å². The highest BCUT2D eigenvalue weighted by molar-refractivity contribution is 9.10. The Morgan fingerprint density at radius 1 is 1.54 bits per heavy atom. The summed E-state index contributed by atoms with van der Waals surface area (Å²) in [5, 5.41) is 7.81. The highest BCUT2D eigenvalue weighted by atomic mass is 79.9. The van der Waals surface area contributed by atoms with Crippen LogP contribution in [-0.2, 0) is 7.05 Å². The predicted octanol–water partition coefficient (Wildman–Crippen LogP) is 1.54. The summed E-state index contributed by atoms with van der Waals surface area (Å²) in [6.45, 7) is 1.90. The van der Waals surface area contributed by atoms with Crippen LogP contribution in [0.3, 0.4) is 0 Å². The number of halogens is 1. The first-order valence-corrected chi connectivity index (χ1v) is 4.46. The van der Waals surface area contributed by atoms with Crippen LogP contribution >= 0.6 is 15.9 Å². The van der Waals surface area contributed by atoms with Crippen molar-refractivity contribution in [2.75, 3.05) is 0 Å². The maximum atomic E-state index is 4.98. The van der Waals surface area contributed by atoms with Crippen molar-refractivity contribution in [1.82, 2.24) is 19.9 Å². The molecular formula is C7H7BrN4O. The summed E-state index contributed by atoms with van der Waals surface area (Å²) >= 11 is 3.12. The molecule has 0 aromatic carbocycles. The molecule has 2 aromatic heterocycles. The minimum absolute atomic E-state index is 0.450. The second kappa shape index (κ2) is 2.95. The normalized spacial score (nSPS) is 10.7. The molecule has 0 bridgehead atoms. The Labute approximate surface area is 82.9 Å². The highest BCUT2D eigenvalue weighted by Gasteiger charge is 2.12. The second-order valence-electron chi connectivity index (χ2n) is 2.67. The zero-order valence-corrected chi connectivity index (χ0v) is 8.74. The smallest absolute Gasteiger partial charge is 0.262 e. The summed E-state index contributed by atoms with van der Waals surface area (Å²) in [5.74, 6) is 0.484. The summed E-state index contributed by atoms with van der Waals surface area (Å²) in [6.07, 6.45) is 1.84. The van der Waals surface area contributed by atoms with E-state index in [0.717, 1.165) is 11.3 Å². The monoisotopic (exact) mass is 242 g/mol. The molecule has 68 valence electrons. The van der Waals surface area contributed by atoms with E-state index in [0.29, 0.717) is 10.6 Å². The van der Waals surface area contributed by atoms with Crippen molar-refractivity contribution in [3.05, 3.63) is 16.6 Å². The summed E-state index contributed by atoms with van der Waals surface area (Å²) < 4.78 is 7.14. The number of hydrogen-bond donors (Lipinski definition) is 0. The van der Waals surface area contributed by atoms with Gasteiger partial charge in [0.1, 0.15) is 0 Å². The molecular weight excluding hydrogens is 236 g/mol. The largest absolute Gasteiger partial charge is 0.333 e. The van der Waals surface area contributed by atoms with Gasteiger partial charge in [0.15, 0.2) is 0 Å². The van der Waals surface area contributed by atoms with Gasteiger partial charge in [-0.15, -0.1) is 0 Å². The molecule has 0 aliphatic heterocycles. The van der Waals surface area contributed by atoms with Crippen molar-refractivity contribution in [3.8, 4) is 11.5 Å². The molecule has 0 radical (unpaired) electrons. The lowest BCUT2D eigenvalue weighted by molar-refractivity contribution is 0.426. The van der Waals surface area contributed by atoms with Crippen LogP contribution in [0.5, 0.6) is 0 Å². The molecule has 0 amide bonds. The Bertz CT molecular complexity index is 433. The van der Waals surface area contributed by atoms with Gasteiger partial charge < -0.3 is 4.52 Å². The molecule has 13 heavy (non-hydrogen) atoms. The number of rotatable bonds is 1. The SMILES string of the molecule is Cc1nn(C)cc1-c1nc(Br)no1. The Kier molecular flexibility index (Phi) is 1.91. The summed E-state index contributed by atoms with van der Waals surface area (Å²) in [4.78, 5) is 4.04. The summed E-state index contributed by atoms with van der Waals surface area (Å²) in [6, 6.07) is 0. The molecule has 0 aliphatic carbocycles. The van der Waals surface area contributed by atoms with Crippen molar-refractivity contribution in [2.24, 2.45) is 7.05 Å². The van der Waals surface area contributed by atoms with Gasteiger partial charge in [-0.2, -0.15) is 10.1 Å². The van der Waals surface area contributed by atoms with Crippen LogP contribution < -0.4 is 0 Å². The third kappa shape index (κ3) is 1.49. The average Bonchev–Trinajstić information content (AvgIpc) is 2.58. The highest BCUT2D eigenvalue weighted by Crippen LogP contribution is 2.21. The third-order valence-corrected chi connectivity index (χ3v) is 1.97. The molecule has 2 rings (SSSR count). The Hall–Kier alpha value is -1.17. The van der Waals surface area contributed by atoms with E-state index in [1.54, 1.807) is 4.68 Å². The lowest BCUT2D eigenvalue weighted by Crippen LogP contribution is -1.86. The Morgan fingerprint density at radius 2 is 2.31 bits per heavy atom. The first-order chi connectivity index (χ1) is 6.16. The molecule has 0 aliphatic rings. The maximum absolute atomic E-state index is 4.98. The van der Waals surface area contributed by atoms with Gasteiger partial charge in [0.2, 0.25) is 4.73 Å². The van der Waals surface area contributed by atoms with E-state index in [4.69, 9.17) is 4.52 Å². The number of hydrogen-bond acceptors (Lipinski definition) is 4. The van der Waals surface area contributed by atoms with E-state index in [2.05, 4.69) is 31.2 Å². The summed E-state index contributed by atoms with van der Waals surface area (Å²) in [5.41, 5.74) is 1.74. The molecule has 0 N–H and O–H groups in total. The van der Waals surface area contributed by atoms with Gasteiger partial charge in [0.25, 0.3) is 5.89 Å². The van der Waals surface area contributed by atoms with E-state index in [9.17, 15) is 0 Å². The van der Waals surface area contributed by atoms with Crippen LogP contribution in [0.2, 0.25) is 0 Å². The Balaban J connectivity index is 2.51. The first-order valence-electron chi connectivity index (χ1n) is 3.66. The van der Waals surface area contributed by atoms with Crippen LogP contribution in [-0.4, -0.2) is 19.9 Å². The maximum Gasteiger partial charge on any atom is 0.262 e. The van der Waals surface area contributed by atoms with Gasteiger partial charge in [-0.1, -0.05) is 0 Å². The molecule has 0 unspecified atom stereocenters. The fourth-order valence-electron chi connectivity index (χ4n) is 1.12. The van der Waals surface area contributed by atoms with Crippen molar-refractivity contribution in [1.29, 1.82) is 0 Å². The molecule has 2 aromatic rings. The number of aromatic nitrogens is 4. The molecule has 6 heteroatoms. The van der Waals surface area contributed by atoms with Crippen LogP contribution in [0, 0.1) is 6.92 Å².